The Labute approximate surface area is 78.1 Å². The van der Waals surface area contributed by atoms with Gasteiger partial charge in [-0.25, -0.2) is 0 Å². The van der Waals surface area contributed by atoms with Gasteiger partial charge in [0, 0.05) is 0 Å². The van der Waals surface area contributed by atoms with Gasteiger partial charge in [0.25, 0.3) is 0 Å². The highest BCUT2D eigenvalue weighted by atomic mass is 14.1. The zero-order valence-electron chi connectivity index (χ0n) is 9.30. The van der Waals surface area contributed by atoms with Crippen LogP contribution in [0.25, 0.3) is 0 Å². The van der Waals surface area contributed by atoms with Crippen molar-refractivity contribution in [2.24, 2.45) is 17.8 Å². The third-order valence-corrected chi connectivity index (χ3v) is 2.02. The molecule has 0 bridgehead atoms. The molecule has 0 rings (SSSR count). The van der Waals surface area contributed by atoms with Gasteiger partial charge < -0.3 is 0 Å². The van der Waals surface area contributed by atoms with Gasteiger partial charge in [-0.05, 0) is 24.2 Å². The maximum absolute atomic E-state index is 2.35. The molecule has 0 saturated carbocycles. The molecule has 0 heterocycles. The highest BCUT2D eigenvalue weighted by Gasteiger charge is 1.99. The van der Waals surface area contributed by atoms with E-state index in [1.807, 2.05) is 0 Å². The van der Waals surface area contributed by atoms with Crippen LogP contribution in [0.1, 0.15) is 47.5 Å². The van der Waals surface area contributed by atoms with Crippen molar-refractivity contribution in [3.05, 3.63) is 12.2 Å². The Morgan fingerprint density at radius 1 is 0.833 bits per heavy atom. The molecule has 0 spiro atoms. The molecule has 0 aliphatic carbocycles. The number of hydrogen-bond acceptors (Lipinski definition) is 0. The highest BCUT2D eigenvalue weighted by Crippen LogP contribution is 2.13. The molecule has 0 aromatic rings. The van der Waals surface area contributed by atoms with E-state index in [0.717, 1.165) is 11.8 Å². The summed E-state index contributed by atoms with van der Waals surface area (Å²) in [6.07, 6.45) is 7.35. The highest BCUT2D eigenvalue weighted by molar-refractivity contribution is 4.88. The first-order valence-electron chi connectivity index (χ1n) is 5.20. The lowest BCUT2D eigenvalue weighted by molar-refractivity contribution is 0.501. The third kappa shape index (κ3) is 7.84. The van der Waals surface area contributed by atoms with Crippen LogP contribution in [0, 0.1) is 17.8 Å². The molecule has 0 aliphatic heterocycles. The molecule has 0 N–H and O–H groups in total. The Bertz CT molecular complexity index is 120. The number of hydrogen-bond donors (Lipinski definition) is 0. The van der Waals surface area contributed by atoms with Crippen molar-refractivity contribution >= 4 is 0 Å². The molecule has 0 amide bonds. The van der Waals surface area contributed by atoms with E-state index in [4.69, 9.17) is 0 Å². The molecule has 0 aromatic carbocycles. The van der Waals surface area contributed by atoms with Gasteiger partial charge in [0.15, 0.2) is 0 Å². The van der Waals surface area contributed by atoms with Gasteiger partial charge in [-0.3, -0.25) is 0 Å². The summed E-state index contributed by atoms with van der Waals surface area (Å²) >= 11 is 0. The molecular weight excluding hydrogens is 144 g/mol. The predicted octanol–water partition coefficient (Wildman–Crippen LogP) is 4.27. The predicted molar refractivity (Wildman–Crippen MR) is 57.2 cm³/mol. The molecule has 1 atom stereocenters. The average Bonchev–Trinajstić information content (AvgIpc) is 1.96. The van der Waals surface area contributed by atoms with Crippen LogP contribution < -0.4 is 0 Å². The van der Waals surface area contributed by atoms with E-state index in [2.05, 4.69) is 46.8 Å². The fraction of sp³-hybridized carbons (Fsp3) is 0.833. The van der Waals surface area contributed by atoms with E-state index in [1.54, 1.807) is 0 Å². The van der Waals surface area contributed by atoms with Crippen LogP contribution in [-0.4, -0.2) is 0 Å². The quantitative estimate of drug-likeness (QED) is 0.538. The molecule has 12 heavy (non-hydrogen) atoms. The summed E-state index contributed by atoms with van der Waals surface area (Å²) in [5.74, 6) is 2.31. The molecule has 0 fully saturated rings. The minimum Gasteiger partial charge on any atom is -0.0857 e. The monoisotopic (exact) mass is 168 g/mol. The van der Waals surface area contributed by atoms with E-state index in [-0.39, 0.29) is 0 Å². The fourth-order valence-electron chi connectivity index (χ4n) is 1.10. The Balaban J connectivity index is 3.52. The summed E-state index contributed by atoms with van der Waals surface area (Å²) in [5.41, 5.74) is 0. The van der Waals surface area contributed by atoms with Crippen molar-refractivity contribution in [2.45, 2.75) is 47.5 Å². The van der Waals surface area contributed by atoms with Crippen LogP contribution in [-0.2, 0) is 0 Å². The second kappa shape index (κ2) is 6.28. The number of allylic oxidation sites excluding steroid dienone is 2. The molecule has 0 nitrogen and oxygen atoms in total. The smallest absolute Gasteiger partial charge is 0.0262 e. The average molecular weight is 168 g/mol. The van der Waals surface area contributed by atoms with Crippen molar-refractivity contribution in [1.29, 1.82) is 0 Å². The minimum atomic E-state index is 0.700. The van der Waals surface area contributed by atoms with Crippen molar-refractivity contribution in [1.82, 2.24) is 0 Å². The normalized spacial score (nSPS) is 14.9. The van der Waals surface area contributed by atoms with Crippen LogP contribution in [0.4, 0.5) is 0 Å². The van der Waals surface area contributed by atoms with Gasteiger partial charge in [-0.1, -0.05) is 53.2 Å². The van der Waals surface area contributed by atoms with Gasteiger partial charge in [-0.2, -0.15) is 0 Å². The van der Waals surface area contributed by atoms with Gasteiger partial charge in [-0.15, -0.1) is 0 Å². The van der Waals surface area contributed by atoms with Crippen molar-refractivity contribution in [2.75, 3.05) is 0 Å². The second-order valence-electron chi connectivity index (χ2n) is 4.58. The topological polar surface area (TPSA) is 0 Å². The first kappa shape index (κ1) is 11.7. The lowest BCUT2D eigenvalue weighted by Gasteiger charge is -2.08. The summed E-state index contributed by atoms with van der Waals surface area (Å²) in [7, 11) is 0. The van der Waals surface area contributed by atoms with Gasteiger partial charge in [0.1, 0.15) is 0 Å². The van der Waals surface area contributed by atoms with E-state index in [1.165, 1.54) is 12.8 Å². The van der Waals surface area contributed by atoms with Crippen LogP contribution in [0.15, 0.2) is 12.2 Å². The number of rotatable bonds is 5. The Kier molecular flexibility index (Phi) is 6.14. The summed E-state index contributed by atoms with van der Waals surface area (Å²) in [4.78, 5) is 0. The van der Waals surface area contributed by atoms with Crippen LogP contribution in [0.2, 0.25) is 0 Å². The van der Waals surface area contributed by atoms with Gasteiger partial charge in [0.2, 0.25) is 0 Å². The SMILES string of the molecule is CC(C)/C=C/[C@@H](C)CCC(C)C. The largest absolute Gasteiger partial charge is 0.0857 e. The first-order valence-corrected chi connectivity index (χ1v) is 5.20. The molecule has 72 valence electrons. The van der Waals surface area contributed by atoms with Crippen LogP contribution in [0.5, 0.6) is 0 Å². The maximum Gasteiger partial charge on any atom is -0.0262 e. The molecule has 0 unspecified atom stereocenters. The molecule has 0 aliphatic rings. The van der Waals surface area contributed by atoms with Crippen molar-refractivity contribution in [3.8, 4) is 0 Å². The standard InChI is InChI=1S/C12H24/c1-10(2)6-8-12(5)9-7-11(3)4/h6,8,10-12H,7,9H2,1-5H3/b8-6+/t12-/m1/s1. The first-order chi connectivity index (χ1) is 5.52. The van der Waals surface area contributed by atoms with Crippen molar-refractivity contribution < 1.29 is 0 Å². The molecule has 0 saturated heterocycles. The summed E-state index contributed by atoms with van der Waals surface area (Å²) in [6, 6.07) is 0. The Morgan fingerprint density at radius 3 is 1.83 bits per heavy atom. The molecule has 0 heteroatoms. The van der Waals surface area contributed by atoms with Crippen LogP contribution in [0.3, 0.4) is 0 Å². The zero-order valence-corrected chi connectivity index (χ0v) is 9.30. The minimum absolute atomic E-state index is 0.700. The molecular formula is C12H24. The zero-order chi connectivity index (χ0) is 9.56. The Hall–Kier alpha value is -0.260. The summed E-state index contributed by atoms with van der Waals surface area (Å²) in [5, 5.41) is 0. The van der Waals surface area contributed by atoms with Gasteiger partial charge in [0.05, 0.1) is 0 Å². The van der Waals surface area contributed by atoms with E-state index in [0.29, 0.717) is 5.92 Å². The van der Waals surface area contributed by atoms with Gasteiger partial charge >= 0.3 is 0 Å². The second-order valence-corrected chi connectivity index (χ2v) is 4.58. The fourth-order valence-corrected chi connectivity index (χ4v) is 1.10. The van der Waals surface area contributed by atoms with E-state index in [9.17, 15) is 0 Å². The third-order valence-electron chi connectivity index (χ3n) is 2.02. The Morgan fingerprint density at radius 2 is 1.42 bits per heavy atom. The summed E-state index contributed by atoms with van der Waals surface area (Å²) < 4.78 is 0. The maximum atomic E-state index is 2.35. The lowest BCUT2D eigenvalue weighted by Crippen LogP contribution is -1.95. The lowest BCUT2D eigenvalue weighted by atomic mass is 9.98. The van der Waals surface area contributed by atoms with E-state index >= 15 is 0 Å². The molecule has 0 radical (unpaired) electrons. The molecule has 0 aromatic heterocycles. The van der Waals surface area contributed by atoms with Crippen LogP contribution >= 0.6 is 0 Å². The van der Waals surface area contributed by atoms with E-state index < -0.39 is 0 Å². The summed E-state index contributed by atoms with van der Waals surface area (Å²) in [6.45, 7) is 11.3. The van der Waals surface area contributed by atoms with Crippen molar-refractivity contribution in [3.63, 3.8) is 0 Å².